The number of anilines is 1. The first-order valence-corrected chi connectivity index (χ1v) is 12.0. The number of aromatic amines is 1. The smallest absolute Gasteiger partial charge is 0.339 e. The lowest BCUT2D eigenvalue weighted by molar-refractivity contribution is -0.153. The molecule has 1 saturated heterocycles. The van der Waals surface area contributed by atoms with Gasteiger partial charge in [0.25, 0.3) is 5.56 Å². The highest BCUT2D eigenvalue weighted by Gasteiger charge is 2.44. The minimum absolute atomic E-state index is 0.0279. The van der Waals surface area contributed by atoms with Gasteiger partial charge in [-0.1, -0.05) is 0 Å². The topological polar surface area (TPSA) is 98.3 Å². The summed E-state index contributed by atoms with van der Waals surface area (Å²) in [6.45, 7) is -1.41. The number of hydrogen-bond donors (Lipinski definition) is 1. The van der Waals surface area contributed by atoms with Crippen molar-refractivity contribution < 1.29 is 44.3 Å². The number of alkyl halides is 9. The third-order valence-electron chi connectivity index (χ3n) is 6.70. The number of carbonyl (C=O) groups excluding carboxylic acids is 1. The number of halogens is 9. The van der Waals surface area contributed by atoms with E-state index in [4.69, 9.17) is 0 Å². The number of fused-ring (bicyclic) bond motifs is 1. The summed E-state index contributed by atoms with van der Waals surface area (Å²) in [5.74, 6) is -0.482. The molecule has 1 fully saturated rings. The molecule has 0 spiro atoms. The summed E-state index contributed by atoms with van der Waals surface area (Å²) in [7, 11) is 0. The van der Waals surface area contributed by atoms with Crippen molar-refractivity contribution in [2.75, 3.05) is 44.2 Å². The number of aromatic nitrogens is 4. The second-order valence-electron chi connectivity index (χ2n) is 9.32. The van der Waals surface area contributed by atoms with Crippen molar-refractivity contribution in [2.45, 2.75) is 43.8 Å². The van der Waals surface area contributed by atoms with E-state index in [0.717, 1.165) is 4.90 Å². The normalized spacial score (nSPS) is 18.4. The number of H-pyrrole nitrogens is 1. The first-order chi connectivity index (χ1) is 18.5. The summed E-state index contributed by atoms with van der Waals surface area (Å²) in [6, 6.07) is -1.20. The van der Waals surface area contributed by atoms with Crippen LogP contribution in [-0.4, -0.2) is 81.3 Å². The molecule has 1 atom stereocenters. The average molecular weight is 587 g/mol. The van der Waals surface area contributed by atoms with Crippen LogP contribution in [0.1, 0.15) is 41.3 Å². The van der Waals surface area contributed by atoms with Crippen LogP contribution in [-0.2, 0) is 23.6 Å². The third-order valence-corrected chi connectivity index (χ3v) is 6.70. The van der Waals surface area contributed by atoms with Gasteiger partial charge in [0.2, 0.25) is 11.9 Å². The van der Waals surface area contributed by atoms with Crippen molar-refractivity contribution in [3.63, 3.8) is 0 Å². The molecule has 40 heavy (non-hydrogen) atoms. The highest BCUT2D eigenvalue weighted by molar-refractivity contribution is 5.76. The van der Waals surface area contributed by atoms with Crippen LogP contribution in [0.2, 0.25) is 0 Å². The Morgan fingerprint density at radius 1 is 0.975 bits per heavy atom. The molecule has 18 heteroatoms. The molecule has 9 nitrogen and oxygen atoms in total. The van der Waals surface area contributed by atoms with Crippen molar-refractivity contribution in [2.24, 2.45) is 0 Å². The molecule has 220 valence electrons. The van der Waals surface area contributed by atoms with Crippen LogP contribution < -0.4 is 10.5 Å². The maximum Gasteiger partial charge on any atom is 0.422 e. The molecule has 1 amide bonds. The highest BCUT2D eigenvalue weighted by Crippen LogP contribution is 2.40. The van der Waals surface area contributed by atoms with E-state index in [1.54, 1.807) is 10.00 Å². The van der Waals surface area contributed by atoms with Gasteiger partial charge in [0.1, 0.15) is 5.56 Å². The summed E-state index contributed by atoms with van der Waals surface area (Å²) >= 11 is 0. The molecule has 2 aromatic heterocycles. The maximum absolute atomic E-state index is 13.4. The Labute approximate surface area is 220 Å². The molecule has 0 bridgehead atoms. The maximum atomic E-state index is 13.4. The Bertz CT molecular complexity index is 1270. The van der Waals surface area contributed by atoms with E-state index in [1.165, 1.54) is 4.90 Å². The largest absolute Gasteiger partial charge is 0.422 e. The van der Waals surface area contributed by atoms with E-state index in [1.807, 2.05) is 0 Å². The van der Waals surface area contributed by atoms with Crippen LogP contribution in [0, 0.1) is 0 Å². The van der Waals surface area contributed by atoms with Crippen LogP contribution in [0.3, 0.4) is 0 Å². The van der Waals surface area contributed by atoms with E-state index in [0.29, 0.717) is 12.4 Å². The monoisotopic (exact) mass is 587 g/mol. The summed E-state index contributed by atoms with van der Waals surface area (Å²) in [4.78, 5) is 35.7. The summed E-state index contributed by atoms with van der Waals surface area (Å²) in [6.07, 6.45) is -13.9. The van der Waals surface area contributed by atoms with Gasteiger partial charge in [-0.2, -0.15) is 44.6 Å². The minimum atomic E-state index is -5.02. The molecule has 0 aromatic carbocycles. The molecule has 4 rings (SSSR count). The Kier molecular flexibility index (Phi) is 8.01. The molecule has 1 aliphatic carbocycles. The van der Waals surface area contributed by atoms with Crippen molar-refractivity contribution >= 4 is 11.9 Å². The fourth-order valence-electron chi connectivity index (χ4n) is 4.86. The second-order valence-corrected chi connectivity index (χ2v) is 9.32. The summed E-state index contributed by atoms with van der Waals surface area (Å²) < 4.78 is 118. The zero-order valence-electron chi connectivity index (χ0n) is 20.5. The van der Waals surface area contributed by atoms with E-state index < -0.39 is 65.8 Å². The quantitative estimate of drug-likeness (QED) is 0.519. The number of carbonyl (C=O) groups is 1. The van der Waals surface area contributed by atoms with Gasteiger partial charge in [-0.3, -0.25) is 14.5 Å². The minimum Gasteiger partial charge on any atom is -0.339 e. The number of nitrogens with one attached hydrogen (secondary N) is 1. The first kappa shape index (κ1) is 29.5. The fourth-order valence-corrected chi connectivity index (χ4v) is 4.86. The Balaban J connectivity index is 1.40. The molecule has 1 aliphatic heterocycles. The van der Waals surface area contributed by atoms with Crippen LogP contribution in [0.5, 0.6) is 0 Å². The third kappa shape index (κ3) is 6.64. The van der Waals surface area contributed by atoms with Crippen molar-refractivity contribution in [3.8, 4) is 0 Å². The Morgan fingerprint density at radius 2 is 1.60 bits per heavy atom. The SMILES string of the molecule is O=C(CCN(CC(F)(F)F)[C@@H]1CCc2c1n[nH]c(=O)c2C(F)(F)F)N1CCN(c2ncc(C(F)(F)F)cn2)CC1. The number of hydrogen-bond acceptors (Lipinski definition) is 7. The molecule has 0 radical (unpaired) electrons. The fraction of sp³-hybridized carbons (Fsp3) is 0.591. The molecule has 3 heterocycles. The van der Waals surface area contributed by atoms with E-state index in [-0.39, 0.29) is 57.1 Å². The van der Waals surface area contributed by atoms with Gasteiger partial charge in [-0.05, 0) is 18.4 Å². The van der Waals surface area contributed by atoms with Crippen LogP contribution in [0.15, 0.2) is 17.2 Å². The zero-order valence-corrected chi connectivity index (χ0v) is 20.5. The van der Waals surface area contributed by atoms with Gasteiger partial charge in [0.15, 0.2) is 0 Å². The van der Waals surface area contributed by atoms with E-state index in [2.05, 4.69) is 15.1 Å². The standard InChI is InChI=1S/C22H22F9N7O2/c23-20(24,25)11-38(14-2-1-13-16(22(29,30)31)18(40)35-34-17(13)14)4-3-15(39)36-5-7-37(8-6-36)19-32-9-12(10-33-19)21(26,27)28/h9-10,14H,1-8,11H2,(H,35,40)/t14-/m1/s1. The molecule has 2 aliphatic rings. The number of amides is 1. The van der Waals surface area contributed by atoms with Crippen LogP contribution in [0.25, 0.3) is 0 Å². The predicted molar refractivity (Wildman–Crippen MR) is 119 cm³/mol. The molecular formula is C22H22F9N7O2. The Morgan fingerprint density at radius 3 is 2.15 bits per heavy atom. The van der Waals surface area contributed by atoms with Gasteiger partial charge in [0.05, 0.1) is 23.8 Å². The number of nitrogens with zero attached hydrogens (tertiary/aromatic N) is 6. The second kappa shape index (κ2) is 10.9. The van der Waals surface area contributed by atoms with Crippen LogP contribution >= 0.6 is 0 Å². The van der Waals surface area contributed by atoms with Gasteiger partial charge >= 0.3 is 18.5 Å². The van der Waals surface area contributed by atoms with Crippen LogP contribution in [0.4, 0.5) is 45.5 Å². The molecule has 0 saturated carbocycles. The van der Waals surface area contributed by atoms with Gasteiger partial charge in [-0.15, -0.1) is 0 Å². The van der Waals surface area contributed by atoms with Gasteiger partial charge in [-0.25, -0.2) is 15.1 Å². The van der Waals surface area contributed by atoms with Crippen molar-refractivity contribution in [1.29, 1.82) is 0 Å². The molecule has 1 N–H and O–H groups in total. The van der Waals surface area contributed by atoms with Crippen molar-refractivity contribution in [1.82, 2.24) is 30.0 Å². The first-order valence-electron chi connectivity index (χ1n) is 12.0. The lowest BCUT2D eigenvalue weighted by Crippen LogP contribution is -2.50. The molecule has 0 unspecified atom stereocenters. The highest BCUT2D eigenvalue weighted by atomic mass is 19.4. The summed E-state index contributed by atoms with van der Waals surface area (Å²) in [5.41, 5.74) is -4.76. The molecular weight excluding hydrogens is 565 g/mol. The van der Waals surface area contributed by atoms with Gasteiger partial charge < -0.3 is 9.80 Å². The zero-order chi connectivity index (χ0) is 29.5. The van der Waals surface area contributed by atoms with E-state index >= 15 is 0 Å². The lowest BCUT2D eigenvalue weighted by Gasteiger charge is -2.35. The van der Waals surface area contributed by atoms with Crippen molar-refractivity contribution in [3.05, 3.63) is 45.1 Å². The van der Waals surface area contributed by atoms with E-state index in [9.17, 15) is 49.1 Å². The number of rotatable bonds is 6. The number of piperazine rings is 1. The average Bonchev–Trinajstić information content (AvgIpc) is 3.28. The van der Waals surface area contributed by atoms with Gasteiger partial charge in [0, 0.05) is 51.5 Å². The predicted octanol–water partition coefficient (Wildman–Crippen LogP) is 3.19. The lowest BCUT2D eigenvalue weighted by atomic mass is 10.1. The molecule has 2 aromatic rings. The Hall–Kier alpha value is -3.44. The summed E-state index contributed by atoms with van der Waals surface area (Å²) in [5, 5.41) is 5.34.